The summed E-state index contributed by atoms with van der Waals surface area (Å²) in [4.78, 5) is 20.9. The van der Waals surface area contributed by atoms with Crippen LogP contribution >= 0.6 is 0 Å². The van der Waals surface area contributed by atoms with E-state index in [4.69, 9.17) is 10.5 Å². The molecule has 0 spiro atoms. The molecule has 2 rings (SSSR count). The number of non-ortho nitro benzene ring substituents is 1. The molecule has 26 heavy (non-hydrogen) atoms. The van der Waals surface area contributed by atoms with Crippen molar-refractivity contribution in [1.29, 1.82) is 0 Å². The van der Waals surface area contributed by atoms with Crippen molar-refractivity contribution < 1.29 is 22.9 Å². The number of hydrogen-bond donors (Lipinski definition) is 2. The highest BCUT2D eigenvalue weighted by atomic mass is 32.2. The van der Waals surface area contributed by atoms with Crippen LogP contribution < -0.4 is 15.2 Å². The lowest BCUT2D eigenvalue weighted by Crippen LogP contribution is -2.20. The predicted octanol–water partition coefficient (Wildman–Crippen LogP) is 1.88. The van der Waals surface area contributed by atoms with Crippen LogP contribution in [-0.2, 0) is 14.8 Å². The largest absolute Gasteiger partial charge is 0.484 e. The Balaban J connectivity index is 2.29. The van der Waals surface area contributed by atoms with E-state index in [9.17, 15) is 23.3 Å². The summed E-state index contributed by atoms with van der Waals surface area (Å²) in [7, 11) is -4.03. The molecule has 0 aliphatic rings. The van der Waals surface area contributed by atoms with Gasteiger partial charge in [0.1, 0.15) is 5.75 Å². The van der Waals surface area contributed by atoms with E-state index in [1.54, 1.807) is 13.8 Å². The summed E-state index contributed by atoms with van der Waals surface area (Å²) in [5.74, 6) is -0.291. The number of hydrogen-bond acceptors (Lipinski definition) is 6. The molecule has 2 aromatic carbocycles. The van der Waals surface area contributed by atoms with E-state index in [1.165, 1.54) is 30.3 Å². The first-order valence-electron chi connectivity index (χ1n) is 7.40. The Bertz CT molecular complexity index is 955. The zero-order valence-electron chi connectivity index (χ0n) is 14.1. The number of benzene rings is 2. The minimum Gasteiger partial charge on any atom is -0.484 e. The molecule has 2 aromatic rings. The zero-order chi connectivity index (χ0) is 19.5. The van der Waals surface area contributed by atoms with Crippen molar-refractivity contribution >= 4 is 27.3 Å². The minimum atomic E-state index is -4.03. The molecule has 10 heteroatoms. The number of aryl methyl sites for hydroxylation is 1. The first-order valence-corrected chi connectivity index (χ1v) is 8.88. The van der Waals surface area contributed by atoms with E-state index in [1.807, 2.05) is 0 Å². The number of ether oxygens (including phenoxy) is 1. The van der Waals surface area contributed by atoms with Crippen LogP contribution in [0.3, 0.4) is 0 Å². The third-order valence-electron chi connectivity index (χ3n) is 3.59. The van der Waals surface area contributed by atoms with Gasteiger partial charge in [-0.05, 0) is 49.2 Å². The Morgan fingerprint density at radius 1 is 1.23 bits per heavy atom. The van der Waals surface area contributed by atoms with Crippen molar-refractivity contribution in [3.05, 3.63) is 57.6 Å². The van der Waals surface area contributed by atoms with Gasteiger partial charge in [0.2, 0.25) is 0 Å². The van der Waals surface area contributed by atoms with Crippen LogP contribution in [-0.4, -0.2) is 25.9 Å². The van der Waals surface area contributed by atoms with Crippen molar-refractivity contribution in [2.24, 2.45) is 5.73 Å². The van der Waals surface area contributed by atoms with E-state index in [2.05, 4.69) is 4.72 Å². The lowest BCUT2D eigenvalue weighted by Gasteiger charge is -2.12. The van der Waals surface area contributed by atoms with Gasteiger partial charge in [-0.1, -0.05) is 0 Å². The lowest BCUT2D eigenvalue weighted by atomic mass is 10.1. The minimum absolute atomic E-state index is 0.168. The molecule has 0 bridgehead atoms. The Morgan fingerprint density at radius 2 is 1.85 bits per heavy atom. The Labute approximate surface area is 150 Å². The Kier molecular flexibility index (Phi) is 5.46. The van der Waals surface area contributed by atoms with Gasteiger partial charge in [-0.25, -0.2) is 8.42 Å². The first-order chi connectivity index (χ1) is 12.1. The third-order valence-corrected chi connectivity index (χ3v) is 5.10. The van der Waals surface area contributed by atoms with E-state index in [-0.39, 0.29) is 22.9 Å². The fraction of sp³-hybridized carbons (Fsp3) is 0.188. The normalized spacial score (nSPS) is 11.0. The van der Waals surface area contributed by atoms with Gasteiger partial charge in [0.25, 0.3) is 21.6 Å². The summed E-state index contributed by atoms with van der Waals surface area (Å²) < 4.78 is 32.7. The van der Waals surface area contributed by atoms with Crippen molar-refractivity contribution in [1.82, 2.24) is 0 Å². The summed E-state index contributed by atoms with van der Waals surface area (Å²) in [5.41, 5.74) is 5.82. The number of sulfonamides is 1. The van der Waals surface area contributed by atoms with E-state index in [0.29, 0.717) is 16.9 Å². The highest BCUT2D eigenvalue weighted by molar-refractivity contribution is 7.92. The molecule has 0 radical (unpaired) electrons. The summed E-state index contributed by atoms with van der Waals surface area (Å²) in [6, 6.07) is 8.15. The number of carbonyl (C=O) groups excluding carboxylic acids is 1. The van der Waals surface area contributed by atoms with E-state index in [0.717, 1.165) is 6.07 Å². The highest BCUT2D eigenvalue weighted by Gasteiger charge is 2.22. The van der Waals surface area contributed by atoms with E-state index < -0.39 is 20.9 Å². The highest BCUT2D eigenvalue weighted by Crippen LogP contribution is 2.27. The smallest absolute Gasteiger partial charge is 0.271 e. The second-order valence-corrected chi connectivity index (χ2v) is 7.18. The molecule has 0 heterocycles. The second-order valence-electron chi connectivity index (χ2n) is 5.53. The molecule has 0 aliphatic carbocycles. The monoisotopic (exact) mass is 379 g/mol. The van der Waals surface area contributed by atoms with Crippen LogP contribution in [0.15, 0.2) is 41.3 Å². The number of nitrogens with zero attached hydrogens (tertiary/aromatic N) is 1. The number of carbonyl (C=O) groups is 1. The van der Waals surface area contributed by atoms with Crippen LogP contribution in [0.4, 0.5) is 11.4 Å². The Morgan fingerprint density at radius 3 is 2.38 bits per heavy atom. The van der Waals surface area contributed by atoms with Crippen LogP contribution in [0.25, 0.3) is 0 Å². The maximum Gasteiger partial charge on any atom is 0.271 e. The maximum absolute atomic E-state index is 12.6. The average molecular weight is 379 g/mol. The number of nitro benzene ring substituents is 1. The molecule has 138 valence electrons. The van der Waals surface area contributed by atoms with Crippen LogP contribution in [0.2, 0.25) is 0 Å². The number of anilines is 1. The van der Waals surface area contributed by atoms with Crippen molar-refractivity contribution in [2.45, 2.75) is 18.7 Å². The van der Waals surface area contributed by atoms with Gasteiger partial charge in [-0.2, -0.15) is 0 Å². The first kappa shape index (κ1) is 19.2. The van der Waals surface area contributed by atoms with Gasteiger partial charge in [0.05, 0.1) is 9.82 Å². The van der Waals surface area contributed by atoms with Gasteiger partial charge in [0.15, 0.2) is 6.61 Å². The van der Waals surface area contributed by atoms with Crippen molar-refractivity contribution in [3.63, 3.8) is 0 Å². The zero-order valence-corrected chi connectivity index (χ0v) is 14.9. The molecule has 0 fully saturated rings. The number of primary amides is 1. The Hall–Kier alpha value is -3.14. The number of rotatable bonds is 7. The molecule has 1 amide bonds. The predicted molar refractivity (Wildman–Crippen MR) is 94.5 cm³/mol. The summed E-state index contributed by atoms with van der Waals surface area (Å²) in [6.07, 6.45) is 0. The number of nitro groups is 1. The maximum atomic E-state index is 12.6. The molecule has 0 saturated heterocycles. The summed E-state index contributed by atoms with van der Waals surface area (Å²) >= 11 is 0. The standard InChI is InChI=1S/C16H17N3O6S/c1-10-7-13(19(21)22)8-15(11(10)2)26(23,24)18-12-3-5-14(6-4-12)25-9-16(17)20/h3-8,18H,9H2,1-2H3,(H2,17,20). The quantitative estimate of drug-likeness (QED) is 0.555. The van der Waals surface area contributed by atoms with Gasteiger partial charge >= 0.3 is 0 Å². The number of nitrogens with one attached hydrogen (secondary N) is 1. The average Bonchev–Trinajstić information content (AvgIpc) is 2.55. The fourth-order valence-corrected chi connectivity index (χ4v) is 3.57. The lowest BCUT2D eigenvalue weighted by molar-refractivity contribution is -0.385. The molecule has 0 aromatic heterocycles. The molecule has 0 saturated carbocycles. The molecular weight excluding hydrogens is 362 g/mol. The van der Waals surface area contributed by atoms with Gasteiger partial charge < -0.3 is 10.5 Å². The van der Waals surface area contributed by atoms with Crippen LogP contribution in [0, 0.1) is 24.0 Å². The number of amides is 1. The molecule has 3 N–H and O–H groups in total. The molecule has 0 unspecified atom stereocenters. The van der Waals surface area contributed by atoms with E-state index >= 15 is 0 Å². The van der Waals surface area contributed by atoms with Gasteiger partial charge in [0, 0.05) is 17.8 Å². The summed E-state index contributed by atoms with van der Waals surface area (Å²) in [5, 5.41) is 11.0. The third kappa shape index (κ3) is 4.48. The van der Waals surface area contributed by atoms with Crippen molar-refractivity contribution in [3.8, 4) is 5.75 Å². The summed E-state index contributed by atoms with van der Waals surface area (Å²) in [6.45, 7) is 2.89. The topological polar surface area (TPSA) is 142 Å². The molecule has 9 nitrogen and oxygen atoms in total. The number of nitrogens with two attached hydrogens (primary N) is 1. The molecular formula is C16H17N3O6S. The second kappa shape index (κ2) is 7.40. The van der Waals surface area contributed by atoms with Crippen LogP contribution in [0.1, 0.15) is 11.1 Å². The fourth-order valence-electron chi connectivity index (χ4n) is 2.18. The SMILES string of the molecule is Cc1cc([N+](=O)[O-])cc(S(=O)(=O)Nc2ccc(OCC(N)=O)cc2)c1C. The van der Waals surface area contributed by atoms with Crippen LogP contribution in [0.5, 0.6) is 5.75 Å². The molecule has 0 atom stereocenters. The van der Waals surface area contributed by atoms with Crippen molar-refractivity contribution in [2.75, 3.05) is 11.3 Å². The molecule has 0 aliphatic heterocycles. The van der Waals surface area contributed by atoms with Gasteiger partial charge in [-0.15, -0.1) is 0 Å². The van der Waals surface area contributed by atoms with Gasteiger partial charge in [-0.3, -0.25) is 19.6 Å².